The Balaban J connectivity index is 3.15. The molecule has 0 aliphatic heterocycles. The number of rotatable bonds is 3. The van der Waals surface area contributed by atoms with E-state index in [2.05, 4.69) is 9.97 Å². The third-order valence-electron chi connectivity index (χ3n) is 1.59. The number of carboxylic acids is 1. The summed E-state index contributed by atoms with van der Waals surface area (Å²) in [4.78, 5) is 18.3. The van der Waals surface area contributed by atoms with E-state index < -0.39 is 5.97 Å². The minimum absolute atomic E-state index is 0.128. The van der Waals surface area contributed by atoms with Crippen LogP contribution in [0.4, 0.5) is 0 Å². The molecule has 0 unspecified atom stereocenters. The van der Waals surface area contributed by atoms with Gasteiger partial charge >= 0.3 is 12.0 Å². The molecule has 70 valence electrons. The molecule has 0 radical (unpaired) electrons. The van der Waals surface area contributed by atoms with Gasteiger partial charge in [0.25, 0.3) is 0 Å². The van der Waals surface area contributed by atoms with Crippen LogP contribution >= 0.6 is 0 Å². The molecule has 1 aromatic rings. The number of hydrogen-bond acceptors (Lipinski definition) is 4. The molecule has 0 aliphatic rings. The summed E-state index contributed by atoms with van der Waals surface area (Å²) in [6.45, 7) is 1.83. The van der Waals surface area contributed by atoms with E-state index >= 15 is 0 Å². The minimum atomic E-state index is -1.01. The fourth-order valence-electron chi connectivity index (χ4n) is 0.945. The average molecular weight is 182 g/mol. The summed E-state index contributed by atoms with van der Waals surface area (Å²) in [7, 11) is 1.44. The number of aryl methyl sites for hydroxylation is 1. The molecule has 5 nitrogen and oxygen atoms in total. The van der Waals surface area contributed by atoms with Gasteiger partial charge in [0.1, 0.15) is 0 Å². The molecule has 1 N–H and O–H groups in total. The van der Waals surface area contributed by atoms with Crippen molar-refractivity contribution in [2.45, 2.75) is 13.3 Å². The van der Waals surface area contributed by atoms with Crippen molar-refractivity contribution in [2.75, 3.05) is 7.11 Å². The highest BCUT2D eigenvalue weighted by Gasteiger charge is 2.11. The lowest BCUT2D eigenvalue weighted by atomic mass is 10.2. The highest BCUT2D eigenvalue weighted by atomic mass is 16.5. The van der Waals surface area contributed by atoms with E-state index in [9.17, 15) is 4.79 Å². The second-order valence-electron chi connectivity index (χ2n) is 2.38. The van der Waals surface area contributed by atoms with Gasteiger partial charge in [-0.15, -0.1) is 0 Å². The van der Waals surface area contributed by atoms with Crippen molar-refractivity contribution in [2.24, 2.45) is 0 Å². The number of hydrogen-bond donors (Lipinski definition) is 1. The van der Waals surface area contributed by atoms with Gasteiger partial charge in [-0.1, -0.05) is 6.92 Å². The van der Waals surface area contributed by atoms with E-state index in [1.54, 1.807) is 0 Å². The van der Waals surface area contributed by atoms with Crippen LogP contribution in [0.5, 0.6) is 6.01 Å². The molecule has 0 aromatic carbocycles. The maximum absolute atomic E-state index is 10.7. The van der Waals surface area contributed by atoms with Crippen LogP contribution in [-0.4, -0.2) is 28.2 Å². The highest BCUT2D eigenvalue weighted by Crippen LogP contribution is 2.09. The number of nitrogens with zero attached hydrogens (tertiary/aromatic N) is 2. The third-order valence-corrected chi connectivity index (χ3v) is 1.59. The SMILES string of the molecule is CCc1nc(OC)ncc1C(=O)O. The van der Waals surface area contributed by atoms with Gasteiger partial charge in [-0.25, -0.2) is 9.78 Å². The van der Waals surface area contributed by atoms with Crippen LogP contribution in [0.15, 0.2) is 6.20 Å². The first-order chi connectivity index (χ1) is 6.19. The lowest BCUT2D eigenvalue weighted by Crippen LogP contribution is -2.06. The molecule has 1 rings (SSSR count). The van der Waals surface area contributed by atoms with Crippen LogP contribution in [0.1, 0.15) is 23.0 Å². The van der Waals surface area contributed by atoms with E-state index in [0.29, 0.717) is 12.1 Å². The predicted octanol–water partition coefficient (Wildman–Crippen LogP) is 0.746. The molecule has 0 amide bonds. The Hall–Kier alpha value is -1.65. The summed E-state index contributed by atoms with van der Waals surface area (Å²) in [5.74, 6) is -1.01. The van der Waals surface area contributed by atoms with Crippen molar-refractivity contribution in [3.63, 3.8) is 0 Å². The zero-order valence-corrected chi connectivity index (χ0v) is 7.44. The Morgan fingerprint density at radius 2 is 2.38 bits per heavy atom. The number of aromatic nitrogens is 2. The summed E-state index contributed by atoms with van der Waals surface area (Å²) in [5, 5.41) is 8.74. The van der Waals surface area contributed by atoms with Crippen molar-refractivity contribution < 1.29 is 14.6 Å². The largest absolute Gasteiger partial charge is 0.478 e. The fourth-order valence-corrected chi connectivity index (χ4v) is 0.945. The molecule has 0 atom stereocenters. The Kier molecular flexibility index (Phi) is 2.79. The van der Waals surface area contributed by atoms with Gasteiger partial charge in [0.05, 0.1) is 18.4 Å². The van der Waals surface area contributed by atoms with E-state index in [1.807, 2.05) is 6.92 Å². The van der Waals surface area contributed by atoms with Crippen molar-refractivity contribution in [3.8, 4) is 6.01 Å². The monoisotopic (exact) mass is 182 g/mol. The third kappa shape index (κ3) is 1.93. The van der Waals surface area contributed by atoms with Crippen molar-refractivity contribution in [3.05, 3.63) is 17.5 Å². The van der Waals surface area contributed by atoms with Crippen molar-refractivity contribution in [1.82, 2.24) is 9.97 Å². The van der Waals surface area contributed by atoms with Gasteiger partial charge in [-0.2, -0.15) is 4.98 Å². The Morgan fingerprint density at radius 1 is 1.69 bits per heavy atom. The van der Waals surface area contributed by atoms with E-state index in [0.717, 1.165) is 0 Å². The molecule has 0 aliphatic carbocycles. The first kappa shape index (κ1) is 9.44. The van der Waals surface area contributed by atoms with E-state index in [1.165, 1.54) is 13.3 Å². The maximum Gasteiger partial charge on any atom is 0.339 e. The van der Waals surface area contributed by atoms with E-state index in [4.69, 9.17) is 9.84 Å². The summed E-state index contributed by atoms with van der Waals surface area (Å²) in [6.07, 6.45) is 1.80. The number of carbonyl (C=O) groups is 1. The minimum Gasteiger partial charge on any atom is -0.478 e. The summed E-state index contributed by atoms with van der Waals surface area (Å²) >= 11 is 0. The average Bonchev–Trinajstić information content (AvgIpc) is 2.16. The molecule has 0 fully saturated rings. The smallest absolute Gasteiger partial charge is 0.339 e. The molecular formula is C8H10N2O3. The summed E-state index contributed by atoms with van der Waals surface area (Å²) < 4.78 is 4.78. The quantitative estimate of drug-likeness (QED) is 0.746. The molecule has 0 spiro atoms. The van der Waals surface area contributed by atoms with Crippen molar-refractivity contribution >= 4 is 5.97 Å². The number of methoxy groups -OCH3 is 1. The van der Waals surface area contributed by atoms with Crippen LogP contribution in [-0.2, 0) is 6.42 Å². The van der Waals surface area contributed by atoms with Crippen LogP contribution in [0.25, 0.3) is 0 Å². The van der Waals surface area contributed by atoms with Crippen LogP contribution in [0.3, 0.4) is 0 Å². The maximum atomic E-state index is 10.7. The second kappa shape index (κ2) is 3.84. The molecule has 0 saturated carbocycles. The van der Waals surface area contributed by atoms with Gasteiger partial charge in [-0.05, 0) is 6.42 Å². The summed E-state index contributed by atoms with van der Waals surface area (Å²) in [6, 6.07) is 0.196. The highest BCUT2D eigenvalue weighted by molar-refractivity contribution is 5.88. The normalized spacial score (nSPS) is 9.69. The topological polar surface area (TPSA) is 72.3 Å². The number of ether oxygens (including phenoxy) is 1. The standard InChI is InChI=1S/C8H10N2O3/c1-3-6-5(7(11)12)4-9-8(10-6)13-2/h4H,3H2,1-2H3,(H,11,12). The Morgan fingerprint density at radius 3 is 2.85 bits per heavy atom. The first-order valence-corrected chi connectivity index (χ1v) is 3.82. The first-order valence-electron chi connectivity index (χ1n) is 3.82. The molecule has 13 heavy (non-hydrogen) atoms. The van der Waals surface area contributed by atoms with E-state index in [-0.39, 0.29) is 11.6 Å². The number of carboxylic acid groups (broad SMARTS) is 1. The van der Waals surface area contributed by atoms with Gasteiger partial charge in [0, 0.05) is 6.20 Å². The lowest BCUT2D eigenvalue weighted by molar-refractivity contribution is 0.0694. The zero-order chi connectivity index (χ0) is 9.84. The zero-order valence-electron chi connectivity index (χ0n) is 7.44. The predicted molar refractivity (Wildman–Crippen MR) is 44.9 cm³/mol. The van der Waals surface area contributed by atoms with Gasteiger partial charge in [0.2, 0.25) is 0 Å². The van der Waals surface area contributed by atoms with Crippen LogP contribution in [0, 0.1) is 0 Å². The molecule has 0 saturated heterocycles. The van der Waals surface area contributed by atoms with Gasteiger partial charge in [-0.3, -0.25) is 0 Å². The Labute approximate surface area is 75.4 Å². The molecule has 1 aromatic heterocycles. The fraction of sp³-hybridized carbons (Fsp3) is 0.375. The summed E-state index contributed by atoms with van der Waals surface area (Å²) in [5.41, 5.74) is 0.614. The number of aromatic carboxylic acids is 1. The molecule has 5 heteroatoms. The molecular weight excluding hydrogens is 172 g/mol. The molecule has 1 heterocycles. The van der Waals surface area contributed by atoms with Crippen LogP contribution in [0.2, 0.25) is 0 Å². The van der Waals surface area contributed by atoms with Gasteiger partial charge in [0.15, 0.2) is 0 Å². The molecule has 0 bridgehead atoms. The van der Waals surface area contributed by atoms with Crippen LogP contribution < -0.4 is 4.74 Å². The van der Waals surface area contributed by atoms with Crippen molar-refractivity contribution in [1.29, 1.82) is 0 Å². The Bertz CT molecular complexity index is 325. The second-order valence-corrected chi connectivity index (χ2v) is 2.38. The van der Waals surface area contributed by atoms with Gasteiger partial charge < -0.3 is 9.84 Å². The lowest BCUT2D eigenvalue weighted by Gasteiger charge is -2.03.